The van der Waals surface area contributed by atoms with E-state index in [-0.39, 0.29) is 28.2 Å². The van der Waals surface area contributed by atoms with Crippen LogP contribution in [0.5, 0.6) is 0 Å². The van der Waals surface area contributed by atoms with Crippen LogP contribution in [0.1, 0.15) is 27.2 Å². The molecule has 0 bridgehead atoms. The Hall–Kier alpha value is -4.30. The van der Waals surface area contributed by atoms with Gasteiger partial charge < -0.3 is 5.32 Å². The monoisotopic (exact) mass is 558 g/mol. The van der Waals surface area contributed by atoms with Gasteiger partial charge in [-0.2, -0.15) is 40.2 Å². The van der Waals surface area contributed by atoms with E-state index in [1.807, 2.05) is 6.07 Å². The summed E-state index contributed by atoms with van der Waals surface area (Å²) in [5.74, 6) is -7.24. The number of rotatable bonds is 6. The smallest absolute Gasteiger partial charge is 0.348 e. The highest BCUT2D eigenvalue weighted by atomic mass is 19.4. The molecule has 0 radical (unpaired) electrons. The molecule has 4 rings (SSSR count). The first-order valence-corrected chi connectivity index (χ1v) is 11.0. The number of alkyl halides is 8. The average molecular weight is 558 g/mol. The predicted molar refractivity (Wildman–Crippen MR) is 121 cm³/mol. The van der Waals surface area contributed by atoms with Gasteiger partial charge in [-0.3, -0.25) is 9.48 Å². The summed E-state index contributed by atoms with van der Waals surface area (Å²) < 4.78 is 110. The van der Waals surface area contributed by atoms with Crippen molar-refractivity contribution in [1.29, 1.82) is 0 Å². The highest BCUT2D eigenvalue weighted by molar-refractivity contribution is 5.95. The van der Waals surface area contributed by atoms with Crippen molar-refractivity contribution in [2.24, 2.45) is 14.1 Å². The van der Waals surface area contributed by atoms with Crippen LogP contribution in [0.25, 0.3) is 22.9 Å². The van der Waals surface area contributed by atoms with E-state index in [0.29, 0.717) is 0 Å². The van der Waals surface area contributed by atoms with E-state index in [9.17, 15) is 39.9 Å². The van der Waals surface area contributed by atoms with Crippen molar-refractivity contribution in [2.45, 2.75) is 24.8 Å². The summed E-state index contributed by atoms with van der Waals surface area (Å²) in [7, 11) is 2.05. The SMILES string of the molecule is Cn1nc(-c2c(C(F)(F)F)c(C(F)(F)C(F)(F)F)nn2C)nc1-c1cccc(C(=O)NCc2ccccc2)c1. The number of carbonyl (C=O) groups excluding carboxylic acids is 1. The third-order valence-electron chi connectivity index (χ3n) is 5.64. The van der Waals surface area contributed by atoms with Gasteiger partial charge in [0.15, 0.2) is 11.5 Å². The van der Waals surface area contributed by atoms with Crippen LogP contribution in [0.3, 0.4) is 0 Å². The third-order valence-corrected chi connectivity index (χ3v) is 5.64. The molecule has 0 saturated heterocycles. The number of aromatic nitrogens is 5. The number of hydrogen-bond donors (Lipinski definition) is 1. The second-order valence-corrected chi connectivity index (χ2v) is 8.40. The van der Waals surface area contributed by atoms with Crippen molar-refractivity contribution >= 4 is 5.91 Å². The minimum atomic E-state index is -6.33. The molecular weight excluding hydrogens is 540 g/mol. The molecule has 0 atom stereocenters. The van der Waals surface area contributed by atoms with E-state index in [1.165, 1.54) is 31.3 Å². The molecule has 2 aromatic carbocycles. The molecule has 0 saturated carbocycles. The molecular formula is C24H18F8N6O. The third kappa shape index (κ3) is 5.33. The van der Waals surface area contributed by atoms with Gasteiger partial charge in [0.2, 0.25) is 5.82 Å². The Kier molecular flexibility index (Phi) is 6.95. The molecule has 0 spiro atoms. The number of hydrogen-bond acceptors (Lipinski definition) is 4. The van der Waals surface area contributed by atoms with Gasteiger partial charge in [-0.1, -0.05) is 42.5 Å². The Morgan fingerprint density at radius 3 is 2.15 bits per heavy atom. The fourth-order valence-corrected chi connectivity index (χ4v) is 3.82. The number of carbonyl (C=O) groups is 1. The number of nitrogens with one attached hydrogen (secondary N) is 1. The van der Waals surface area contributed by atoms with E-state index < -0.39 is 47.0 Å². The normalized spacial score (nSPS) is 12.6. The number of halogens is 8. The summed E-state index contributed by atoms with van der Waals surface area (Å²) in [5.41, 5.74) is -4.76. The number of aryl methyl sites for hydroxylation is 2. The van der Waals surface area contributed by atoms with Crippen LogP contribution in [0, 0.1) is 0 Å². The molecule has 0 aliphatic rings. The zero-order valence-electron chi connectivity index (χ0n) is 20.1. The van der Waals surface area contributed by atoms with Crippen molar-refractivity contribution in [3.8, 4) is 22.9 Å². The van der Waals surface area contributed by atoms with Gasteiger partial charge in [0.05, 0.1) is 0 Å². The van der Waals surface area contributed by atoms with Gasteiger partial charge in [0.1, 0.15) is 11.3 Å². The molecule has 0 aliphatic carbocycles. The summed E-state index contributed by atoms with van der Waals surface area (Å²) in [6.45, 7) is 0.226. The van der Waals surface area contributed by atoms with Crippen LogP contribution >= 0.6 is 0 Å². The second-order valence-electron chi connectivity index (χ2n) is 8.40. The quantitative estimate of drug-likeness (QED) is 0.318. The lowest BCUT2D eigenvalue weighted by Crippen LogP contribution is -2.36. The van der Waals surface area contributed by atoms with Gasteiger partial charge in [-0.25, -0.2) is 9.67 Å². The molecule has 15 heteroatoms. The number of nitrogens with zero attached hydrogens (tertiary/aromatic N) is 5. The molecule has 206 valence electrons. The van der Waals surface area contributed by atoms with Crippen LogP contribution in [-0.2, 0) is 32.7 Å². The van der Waals surface area contributed by atoms with E-state index >= 15 is 0 Å². The Balaban J connectivity index is 1.73. The number of amides is 1. The van der Waals surface area contributed by atoms with Gasteiger partial charge >= 0.3 is 18.3 Å². The predicted octanol–water partition coefficient (Wildman–Crippen LogP) is 5.49. The molecule has 1 N–H and O–H groups in total. The lowest BCUT2D eigenvalue weighted by molar-refractivity contribution is -0.292. The van der Waals surface area contributed by atoms with Crippen LogP contribution < -0.4 is 5.32 Å². The topological polar surface area (TPSA) is 77.6 Å². The molecule has 1 amide bonds. The zero-order chi connectivity index (χ0) is 28.8. The summed E-state index contributed by atoms with van der Waals surface area (Å²) in [4.78, 5) is 16.6. The minimum absolute atomic E-state index is 0.0823. The van der Waals surface area contributed by atoms with Crippen LogP contribution in [0.4, 0.5) is 35.1 Å². The number of benzene rings is 2. The van der Waals surface area contributed by atoms with Crippen molar-refractivity contribution in [3.63, 3.8) is 0 Å². The average Bonchev–Trinajstić information content (AvgIpc) is 3.42. The Labute approximate surface area is 215 Å². The van der Waals surface area contributed by atoms with Crippen LogP contribution in [0.2, 0.25) is 0 Å². The van der Waals surface area contributed by atoms with E-state index in [2.05, 4.69) is 20.5 Å². The maximum absolute atomic E-state index is 14.0. The molecule has 39 heavy (non-hydrogen) atoms. The molecule has 0 fully saturated rings. The molecule has 7 nitrogen and oxygen atoms in total. The lowest BCUT2D eigenvalue weighted by atomic mass is 10.1. The molecule has 2 aromatic heterocycles. The fourth-order valence-electron chi connectivity index (χ4n) is 3.82. The summed E-state index contributed by atoms with van der Waals surface area (Å²) in [6.07, 6.45) is -12.0. The largest absolute Gasteiger partial charge is 0.459 e. The molecule has 0 aliphatic heterocycles. The molecule has 2 heterocycles. The minimum Gasteiger partial charge on any atom is -0.348 e. The highest BCUT2D eigenvalue weighted by Crippen LogP contribution is 2.50. The van der Waals surface area contributed by atoms with E-state index in [1.54, 1.807) is 24.3 Å². The van der Waals surface area contributed by atoms with Crippen LogP contribution in [-0.4, -0.2) is 36.6 Å². The first-order valence-electron chi connectivity index (χ1n) is 11.0. The van der Waals surface area contributed by atoms with Crippen molar-refractivity contribution in [3.05, 3.63) is 77.0 Å². The first-order chi connectivity index (χ1) is 18.1. The maximum atomic E-state index is 14.0. The Morgan fingerprint density at radius 2 is 1.54 bits per heavy atom. The van der Waals surface area contributed by atoms with Gasteiger partial charge in [-0.15, -0.1) is 5.10 Å². The van der Waals surface area contributed by atoms with Crippen molar-refractivity contribution in [2.75, 3.05) is 0 Å². The second kappa shape index (κ2) is 9.78. The van der Waals surface area contributed by atoms with Gasteiger partial charge in [-0.05, 0) is 17.7 Å². The summed E-state index contributed by atoms with van der Waals surface area (Å²) in [6, 6.07) is 14.8. The highest BCUT2D eigenvalue weighted by Gasteiger charge is 2.64. The Bertz CT molecular complexity index is 1510. The van der Waals surface area contributed by atoms with Crippen molar-refractivity contribution < 1.29 is 39.9 Å². The Morgan fingerprint density at radius 1 is 0.872 bits per heavy atom. The maximum Gasteiger partial charge on any atom is 0.459 e. The lowest BCUT2D eigenvalue weighted by Gasteiger charge is -2.19. The van der Waals surface area contributed by atoms with E-state index in [4.69, 9.17) is 0 Å². The van der Waals surface area contributed by atoms with Gasteiger partial charge in [0, 0.05) is 31.8 Å². The van der Waals surface area contributed by atoms with Gasteiger partial charge in [0.25, 0.3) is 5.91 Å². The zero-order valence-corrected chi connectivity index (χ0v) is 20.1. The summed E-state index contributed by atoms with van der Waals surface area (Å²) in [5, 5.41) is 9.41. The van der Waals surface area contributed by atoms with Crippen LogP contribution in [0.15, 0.2) is 54.6 Å². The van der Waals surface area contributed by atoms with Crippen molar-refractivity contribution in [1.82, 2.24) is 29.9 Å². The summed E-state index contributed by atoms with van der Waals surface area (Å²) >= 11 is 0. The molecule has 4 aromatic rings. The molecule has 0 unspecified atom stereocenters. The first kappa shape index (κ1) is 27.7. The van der Waals surface area contributed by atoms with E-state index in [0.717, 1.165) is 17.3 Å². The standard InChI is InChI=1S/C24H18F8N6O/c1-37-17(16(23(27,28)29)18(35-37)22(25,26)24(30,31)32)19-34-20(38(2)36-19)14-9-6-10-15(11-14)21(39)33-12-13-7-4-3-5-8-13/h3-11H,12H2,1-2H3,(H,33,39). The fraction of sp³-hybridized carbons (Fsp3) is 0.250.